The number of carbonyl (C=O) groups is 12. The molecule has 0 aliphatic carbocycles. The molecular formula is C51H90N18O14. The first-order valence-electron chi connectivity index (χ1n) is 27.5. The molecule has 11 amide bonds. The molecule has 1 aromatic heterocycles. The van der Waals surface area contributed by atoms with Gasteiger partial charge in [0.2, 0.25) is 65.0 Å². The lowest BCUT2D eigenvalue weighted by Crippen LogP contribution is -2.62. The molecule has 22 N–H and O–H groups in total. The van der Waals surface area contributed by atoms with Gasteiger partial charge in [0.25, 0.3) is 0 Å². The number of aliphatic hydroxyl groups excluding tert-OH is 1. The third-order valence-corrected chi connectivity index (χ3v) is 12.9. The van der Waals surface area contributed by atoms with Gasteiger partial charge in [0.05, 0.1) is 32.1 Å². The molecule has 32 heteroatoms. The second-order valence-corrected chi connectivity index (χ2v) is 20.9. The smallest absolute Gasteiger partial charge is 0.322 e. The molecule has 10 atom stereocenters. The highest BCUT2D eigenvalue weighted by molar-refractivity contribution is 5.98. The molecule has 1 rings (SSSR count). The number of guanidine groups is 1. The maximum absolute atomic E-state index is 14.1. The van der Waals surface area contributed by atoms with Gasteiger partial charge in [0.1, 0.15) is 54.9 Å². The van der Waals surface area contributed by atoms with Crippen molar-refractivity contribution in [3.05, 3.63) is 18.2 Å². The maximum Gasteiger partial charge on any atom is 0.322 e. The van der Waals surface area contributed by atoms with Crippen LogP contribution in [0.25, 0.3) is 0 Å². The SMILES string of the molecule is CC[C@H](C)[C@H](NC(=O)[C@@H](NC(=O)[C@H](Cc1cnc[nH]1)NC(=O)[C@H](CO)NC(=O)CNC(=O)[C@H](C)NC(=O)CNC(=O)[C@H](CCCCN)NC(=O)[C@@H](N)CCCN=C(N)N)C(C)C)C(=O)N[C@H](C(=O)N[C@H](C(=O)NCC(=O)O)C(C)C)C(C)C. The van der Waals surface area contributed by atoms with Gasteiger partial charge >= 0.3 is 5.97 Å². The number of nitrogens with zero attached hydrogens (tertiary/aromatic N) is 2. The van der Waals surface area contributed by atoms with Crippen LogP contribution >= 0.6 is 0 Å². The standard InChI is InChI=1S/C51H90N18O14/c1-10-28(8)41(50(83)68-40(27(6)7)48(81)67-38(25(2)3)47(80)60-22-37(73)74)69-49(82)39(26(4)5)66-45(78)33(18-30-19-56-24-61-30)65-46(79)34(23-70)63-36(72)21-58-42(75)29(9)62-35(71)20-59-44(77)32(15-11-12-16-52)64-43(76)31(53)14-13-17-57-51(54)55/h19,24-29,31-34,38-41,70H,10-18,20-23,52-53H2,1-9H3,(H,56,61)(H,58,75)(H,59,77)(H,60,80)(H,62,71)(H,63,72)(H,64,76)(H,65,79)(H,66,78)(H,67,81)(H,68,83)(H,69,82)(H,73,74)(H4,54,55,57)/t28-,29-,31-,32-,33-,34-,38-,39-,40-,41-/m0/s1. The van der Waals surface area contributed by atoms with E-state index in [1.54, 1.807) is 55.4 Å². The average Bonchev–Trinajstić information content (AvgIpc) is 4.00. The summed E-state index contributed by atoms with van der Waals surface area (Å²) in [6.07, 6.45) is 4.62. The third-order valence-electron chi connectivity index (χ3n) is 12.9. The van der Waals surface area contributed by atoms with Crippen LogP contribution in [0.4, 0.5) is 0 Å². The van der Waals surface area contributed by atoms with E-state index in [1.807, 2.05) is 0 Å². The molecular weight excluding hydrogens is 1090 g/mol. The zero-order valence-corrected chi connectivity index (χ0v) is 48.8. The lowest BCUT2D eigenvalue weighted by molar-refractivity contribution is -0.139. The number of aliphatic hydroxyl groups is 1. The van der Waals surface area contributed by atoms with E-state index in [4.69, 9.17) is 28.0 Å². The Kier molecular flexibility index (Phi) is 33.3. The van der Waals surface area contributed by atoms with Crippen molar-refractivity contribution in [1.29, 1.82) is 0 Å². The molecule has 0 unspecified atom stereocenters. The number of aliphatic imine (C=N–C) groups is 1. The van der Waals surface area contributed by atoms with Gasteiger partial charge in [-0.15, -0.1) is 0 Å². The van der Waals surface area contributed by atoms with Gasteiger partial charge in [-0.25, -0.2) is 4.98 Å². The molecule has 1 heterocycles. The van der Waals surface area contributed by atoms with Crippen LogP contribution in [-0.4, -0.2) is 191 Å². The molecule has 0 bridgehead atoms. The Hall–Kier alpha value is -8.00. The van der Waals surface area contributed by atoms with Crippen LogP contribution in [0.2, 0.25) is 0 Å². The molecule has 0 aliphatic rings. The first-order chi connectivity index (χ1) is 39.0. The van der Waals surface area contributed by atoms with Crippen LogP contribution in [0.15, 0.2) is 17.5 Å². The Morgan fingerprint density at radius 1 is 0.566 bits per heavy atom. The van der Waals surface area contributed by atoms with Crippen molar-refractivity contribution in [2.45, 2.75) is 162 Å². The van der Waals surface area contributed by atoms with E-state index in [9.17, 15) is 62.6 Å². The Labute approximate surface area is 482 Å². The van der Waals surface area contributed by atoms with Crippen molar-refractivity contribution in [2.24, 2.45) is 51.6 Å². The number of aromatic amines is 1. The van der Waals surface area contributed by atoms with Gasteiger partial charge < -0.3 is 96.6 Å². The second kappa shape index (κ2) is 37.9. The number of carbonyl (C=O) groups excluding carboxylic acids is 11. The minimum atomic E-state index is -1.69. The van der Waals surface area contributed by atoms with Crippen LogP contribution in [-0.2, 0) is 64.0 Å². The highest BCUT2D eigenvalue weighted by Crippen LogP contribution is 2.14. The van der Waals surface area contributed by atoms with E-state index in [2.05, 4.69) is 73.4 Å². The molecule has 0 aromatic carbocycles. The molecule has 0 saturated carbocycles. The van der Waals surface area contributed by atoms with E-state index >= 15 is 0 Å². The van der Waals surface area contributed by atoms with Gasteiger partial charge in [-0.05, 0) is 69.2 Å². The first kappa shape index (κ1) is 73.0. The summed E-state index contributed by atoms with van der Waals surface area (Å²) in [5.41, 5.74) is 22.6. The molecule has 0 spiro atoms. The van der Waals surface area contributed by atoms with Crippen molar-refractivity contribution in [3.63, 3.8) is 0 Å². The Morgan fingerprint density at radius 2 is 1.06 bits per heavy atom. The predicted molar refractivity (Wildman–Crippen MR) is 302 cm³/mol. The second-order valence-electron chi connectivity index (χ2n) is 20.9. The summed E-state index contributed by atoms with van der Waals surface area (Å²) in [5, 5.41) is 46.4. The van der Waals surface area contributed by atoms with E-state index in [0.29, 0.717) is 37.9 Å². The molecule has 0 saturated heterocycles. The zero-order valence-electron chi connectivity index (χ0n) is 48.8. The predicted octanol–water partition coefficient (Wildman–Crippen LogP) is -6.20. The summed E-state index contributed by atoms with van der Waals surface area (Å²) in [4.78, 5) is 168. The van der Waals surface area contributed by atoms with Gasteiger partial charge in [0, 0.05) is 24.9 Å². The molecule has 1 aromatic rings. The van der Waals surface area contributed by atoms with Crippen LogP contribution in [0.1, 0.15) is 107 Å². The number of aliphatic carboxylic acids is 1. The minimum absolute atomic E-state index is 0.111. The van der Waals surface area contributed by atoms with Crippen molar-refractivity contribution in [2.75, 3.05) is 39.3 Å². The van der Waals surface area contributed by atoms with E-state index < -0.39 is 175 Å². The number of imidazole rings is 1. The minimum Gasteiger partial charge on any atom is -0.480 e. The van der Waals surface area contributed by atoms with Crippen molar-refractivity contribution >= 4 is 76.9 Å². The van der Waals surface area contributed by atoms with Crippen LogP contribution in [0.5, 0.6) is 0 Å². The van der Waals surface area contributed by atoms with Crippen LogP contribution < -0.4 is 81.4 Å². The number of aromatic nitrogens is 2. The van der Waals surface area contributed by atoms with Gasteiger partial charge in [-0.1, -0.05) is 61.8 Å². The number of unbranched alkanes of at least 4 members (excludes halogenated alkanes) is 1. The maximum atomic E-state index is 14.1. The van der Waals surface area contributed by atoms with Crippen LogP contribution in [0.3, 0.4) is 0 Å². The fourth-order valence-electron chi connectivity index (χ4n) is 7.76. The summed E-state index contributed by atoms with van der Waals surface area (Å²) >= 11 is 0. The van der Waals surface area contributed by atoms with E-state index in [0.717, 1.165) is 0 Å². The Morgan fingerprint density at radius 3 is 1.57 bits per heavy atom. The topological polar surface area (TPSA) is 523 Å². The summed E-state index contributed by atoms with van der Waals surface area (Å²) < 4.78 is 0. The van der Waals surface area contributed by atoms with E-state index in [-0.39, 0.29) is 31.8 Å². The third kappa shape index (κ3) is 27.6. The Bertz CT molecular complexity index is 2350. The van der Waals surface area contributed by atoms with Crippen molar-refractivity contribution < 1.29 is 67.7 Å². The van der Waals surface area contributed by atoms with Gasteiger partial charge in [-0.3, -0.25) is 62.5 Å². The number of nitrogens with one attached hydrogen (secondary N) is 12. The fourth-order valence-corrected chi connectivity index (χ4v) is 7.76. The number of H-pyrrole nitrogens is 1. The molecule has 83 heavy (non-hydrogen) atoms. The first-order valence-corrected chi connectivity index (χ1v) is 27.5. The monoisotopic (exact) mass is 1180 g/mol. The fraction of sp³-hybridized carbons (Fsp3) is 0.686. The number of nitrogens with two attached hydrogens (primary N) is 4. The van der Waals surface area contributed by atoms with Gasteiger partial charge in [0.15, 0.2) is 5.96 Å². The largest absolute Gasteiger partial charge is 0.480 e. The number of amides is 11. The molecule has 468 valence electrons. The summed E-state index contributed by atoms with van der Waals surface area (Å²) in [7, 11) is 0. The number of carboxylic acid groups (broad SMARTS) is 1. The lowest BCUT2D eigenvalue weighted by atomic mass is 9.94. The summed E-state index contributed by atoms with van der Waals surface area (Å²) in [6, 6.07) is -11.4. The number of carboxylic acids is 1. The molecule has 0 aliphatic heterocycles. The normalized spacial score (nSPS) is 14.7. The molecule has 0 radical (unpaired) electrons. The summed E-state index contributed by atoms with van der Waals surface area (Å²) in [6.45, 7) is 12.1. The quantitative estimate of drug-likeness (QED) is 0.0166. The lowest BCUT2D eigenvalue weighted by Gasteiger charge is -2.31. The van der Waals surface area contributed by atoms with Crippen molar-refractivity contribution in [1.82, 2.24) is 68.5 Å². The number of rotatable bonds is 39. The zero-order chi connectivity index (χ0) is 63.1. The summed E-state index contributed by atoms with van der Waals surface area (Å²) in [5.74, 6) is -12.5. The Balaban J connectivity index is 3.07. The van der Waals surface area contributed by atoms with Gasteiger partial charge in [-0.2, -0.15) is 0 Å². The average molecular weight is 1180 g/mol. The van der Waals surface area contributed by atoms with Crippen LogP contribution in [0, 0.1) is 23.7 Å². The highest BCUT2D eigenvalue weighted by Gasteiger charge is 2.37. The number of hydrogen-bond acceptors (Lipinski definition) is 17. The van der Waals surface area contributed by atoms with Crippen molar-refractivity contribution in [3.8, 4) is 0 Å². The van der Waals surface area contributed by atoms with E-state index in [1.165, 1.54) is 19.4 Å². The molecule has 0 fully saturated rings. The highest BCUT2D eigenvalue weighted by atomic mass is 16.4. The molecule has 32 nitrogen and oxygen atoms in total. The number of hydrogen-bond donors (Lipinski definition) is 18.